The summed E-state index contributed by atoms with van der Waals surface area (Å²) in [7, 11) is 0. The van der Waals surface area contributed by atoms with Gasteiger partial charge in [-0.05, 0) is 38.0 Å². The van der Waals surface area contributed by atoms with E-state index in [4.69, 9.17) is 19.4 Å². The lowest BCUT2D eigenvalue weighted by Gasteiger charge is -2.47. The van der Waals surface area contributed by atoms with Gasteiger partial charge >= 0.3 is 0 Å². The van der Waals surface area contributed by atoms with E-state index in [0.29, 0.717) is 30.9 Å². The second-order valence-corrected chi connectivity index (χ2v) is 10.9. The van der Waals surface area contributed by atoms with E-state index < -0.39 is 0 Å². The number of amides is 1. The average Bonchev–Trinajstić information content (AvgIpc) is 3.49. The highest BCUT2D eigenvalue weighted by Crippen LogP contribution is 2.40. The van der Waals surface area contributed by atoms with Crippen LogP contribution in [0.3, 0.4) is 0 Å². The molecule has 4 fully saturated rings. The standard InChI is InChI=1S/C28H34N6O3/c1-18(20-12-26(35)29-14-20)37-28-27-25(30-17-34(27)22-6-7-22)13-24(31-28)19-2-4-21(5-3-19)33-15-23(16-33)32-8-10-36-11-9-32/h2-5,13,17-18,20,22-23H,6-12,14-16H2,1H3,(H,29,35)/t18-,20?/m1/s1. The number of carbonyl (C=O) groups is 1. The highest BCUT2D eigenvalue weighted by molar-refractivity contribution is 5.85. The van der Waals surface area contributed by atoms with Crippen molar-refractivity contribution in [2.24, 2.45) is 5.92 Å². The van der Waals surface area contributed by atoms with Gasteiger partial charge in [0.05, 0.1) is 30.8 Å². The first-order valence-corrected chi connectivity index (χ1v) is 13.6. The molecule has 1 aliphatic carbocycles. The number of ether oxygens (including phenoxy) is 2. The lowest BCUT2D eigenvalue weighted by Crippen LogP contribution is -2.61. The average molecular weight is 503 g/mol. The summed E-state index contributed by atoms with van der Waals surface area (Å²) in [6.07, 6.45) is 4.61. The van der Waals surface area contributed by atoms with Crippen molar-refractivity contribution in [3.63, 3.8) is 0 Å². The molecular formula is C28H34N6O3. The summed E-state index contributed by atoms with van der Waals surface area (Å²) in [5.41, 5.74) is 5.02. The van der Waals surface area contributed by atoms with Gasteiger partial charge in [-0.25, -0.2) is 9.97 Å². The van der Waals surface area contributed by atoms with E-state index >= 15 is 0 Å². The quantitative estimate of drug-likeness (QED) is 0.532. The third-order valence-electron chi connectivity index (χ3n) is 8.38. The summed E-state index contributed by atoms with van der Waals surface area (Å²) in [5, 5.41) is 2.92. The zero-order valence-electron chi connectivity index (χ0n) is 21.3. The highest BCUT2D eigenvalue weighted by atomic mass is 16.5. The first kappa shape index (κ1) is 23.0. The van der Waals surface area contributed by atoms with Crippen molar-refractivity contribution in [2.75, 3.05) is 50.8 Å². The van der Waals surface area contributed by atoms with Gasteiger partial charge in [-0.1, -0.05) is 12.1 Å². The molecular weight excluding hydrogens is 468 g/mol. The van der Waals surface area contributed by atoms with Crippen molar-refractivity contribution in [2.45, 2.75) is 44.4 Å². The molecule has 194 valence electrons. The molecule has 0 spiro atoms. The number of benzene rings is 1. The smallest absolute Gasteiger partial charge is 0.241 e. The van der Waals surface area contributed by atoms with Crippen LogP contribution in [0.25, 0.3) is 22.3 Å². The van der Waals surface area contributed by atoms with Crippen LogP contribution in [-0.4, -0.2) is 83.4 Å². The van der Waals surface area contributed by atoms with Crippen molar-refractivity contribution in [1.82, 2.24) is 24.8 Å². The van der Waals surface area contributed by atoms with Crippen molar-refractivity contribution in [1.29, 1.82) is 0 Å². The number of nitrogens with one attached hydrogen (secondary N) is 1. The van der Waals surface area contributed by atoms with Crippen LogP contribution in [0.4, 0.5) is 5.69 Å². The molecule has 9 heteroatoms. The van der Waals surface area contributed by atoms with Crippen LogP contribution in [0, 0.1) is 5.92 Å². The molecule has 1 unspecified atom stereocenters. The van der Waals surface area contributed by atoms with Crippen molar-refractivity contribution < 1.29 is 14.3 Å². The monoisotopic (exact) mass is 502 g/mol. The molecule has 4 aliphatic rings. The molecule has 0 bridgehead atoms. The van der Waals surface area contributed by atoms with Crippen molar-refractivity contribution in [3.8, 4) is 17.1 Å². The Morgan fingerprint density at radius 3 is 2.59 bits per heavy atom. The van der Waals surface area contributed by atoms with E-state index in [2.05, 4.69) is 50.0 Å². The third kappa shape index (κ3) is 4.44. The largest absolute Gasteiger partial charge is 0.473 e. The van der Waals surface area contributed by atoms with Crippen LogP contribution in [-0.2, 0) is 9.53 Å². The Bertz CT molecular complexity index is 1290. The maximum Gasteiger partial charge on any atom is 0.241 e. The molecule has 3 aliphatic heterocycles. The number of nitrogens with zero attached hydrogens (tertiary/aromatic N) is 5. The topological polar surface area (TPSA) is 84.8 Å². The number of anilines is 1. The first-order chi connectivity index (χ1) is 18.1. The number of morpholine rings is 1. The second-order valence-electron chi connectivity index (χ2n) is 10.9. The third-order valence-corrected chi connectivity index (χ3v) is 8.38. The van der Waals surface area contributed by atoms with Crippen molar-refractivity contribution >= 4 is 22.6 Å². The van der Waals surface area contributed by atoms with E-state index in [1.165, 1.54) is 5.69 Å². The van der Waals surface area contributed by atoms with E-state index in [9.17, 15) is 4.79 Å². The number of hydrogen-bond donors (Lipinski definition) is 1. The highest BCUT2D eigenvalue weighted by Gasteiger charge is 2.33. The van der Waals surface area contributed by atoms with Gasteiger partial charge in [0, 0.05) is 68.4 Å². The van der Waals surface area contributed by atoms with E-state index in [-0.39, 0.29) is 17.9 Å². The fraction of sp³-hybridized carbons (Fsp3) is 0.536. The Morgan fingerprint density at radius 2 is 1.89 bits per heavy atom. The Hall–Kier alpha value is -3.17. The summed E-state index contributed by atoms with van der Waals surface area (Å²) in [6.45, 7) is 8.59. The maximum atomic E-state index is 11.8. The summed E-state index contributed by atoms with van der Waals surface area (Å²) in [6, 6.07) is 11.9. The van der Waals surface area contributed by atoms with Crippen LogP contribution in [0.15, 0.2) is 36.7 Å². The fourth-order valence-electron chi connectivity index (χ4n) is 5.80. The molecule has 1 saturated carbocycles. The fourth-order valence-corrected chi connectivity index (χ4v) is 5.80. The van der Waals surface area contributed by atoms with Crippen LogP contribution >= 0.6 is 0 Å². The van der Waals surface area contributed by atoms with Gasteiger partial charge in [-0.15, -0.1) is 0 Å². The lowest BCUT2D eigenvalue weighted by molar-refractivity contribution is -0.119. The number of pyridine rings is 1. The minimum absolute atomic E-state index is 0.0916. The molecule has 9 nitrogen and oxygen atoms in total. The Balaban J connectivity index is 1.12. The molecule has 37 heavy (non-hydrogen) atoms. The molecule has 1 aromatic carbocycles. The first-order valence-electron chi connectivity index (χ1n) is 13.6. The molecule has 0 radical (unpaired) electrons. The predicted octanol–water partition coefficient (Wildman–Crippen LogP) is 2.86. The normalized spacial score (nSPS) is 23.8. The Morgan fingerprint density at radius 1 is 1.11 bits per heavy atom. The molecule has 1 N–H and O–H groups in total. The second kappa shape index (κ2) is 9.29. The SMILES string of the molecule is C[C@@H](Oc1nc(-c2ccc(N3CC(N4CCOCC4)C3)cc2)cc2ncn(C3CC3)c12)C1CNC(=O)C1. The van der Waals surface area contributed by atoms with Gasteiger partial charge in [0.1, 0.15) is 11.6 Å². The Labute approximate surface area is 216 Å². The minimum Gasteiger partial charge on any atom is -0.473 e. The molecule has 3 saturated heterocycles. The molecule has 7 rings (SSSR count). The van der Waals surface area contributed by atoms with Crippen LogP contribution in [0.1, 0.15) is 32.2 Å². The number of hydrogen-bond acceptors (Lipinski definition) is 7. The summed E-state index contributed by atoms with van der Waals surface area (Å²) in [5.74, 6) is 0.847. The van der Waals surface area contributed by atoms with Gasteiger partial charge in [0.15, 0.2) is 0 Å². The zero-order chi connectivity index (χ0) is 24.9. The molecule has 3 aromatic rings. The van der Waals surface area contributed by atoms with Crippen molar-refractivity contribution in [3.05, 3.63) is 36.7 Å². The molecule has 1 amide bonds. The van der Waals surface area contributed by atoms with Crippen LogP contribution in [0.5, 0.6) is 5.88 Å². The summed E-state index contributed by atoms with van der Waals surface area (Å²) < 4.78 is 14.2. The van der Waals surface area contributed by atoms with Crippen LogP contribution in [0.2, 0.25) is 0 Å². The number of carbonyl (C=O) groups excluding carboxylic acids is 1. The Kier molecular flexibility index (Phi) is 5.77. The number of imidazole rings is 1. The predicted molar refractivity (Wildman–Crippen MR) is 141 cm³/mol. The van der Waals surface area contributed by atoms with Crippen LogP contribution < -0.4 is 15.0 Å². The van der Waals surface area contributed by atoms with Gasteiger partial charge in [-0.3, -0.25) is 9.69 Å². The summed E-state index contributed by atoms with van der Waals surface area (Å²) in [4.78, 5) is 26.5. The maximum absolute atomic E-state index is 11.8. The molecule has 2 atom stereocenters. The minimum atomic E-state index is -0.124. The lowest BCUT2D eigenvalue weighted by atomic mass is 10.0. The number of fused-ring (bicyclic) bond motifs is 1. The van der Waals surface area contributed by atoms with Gasteiger partial charge in [0.25, 0.3) is 0 Å². The molecule has 2 aromatic heterocycles. The summed E-state index contributed by atoms with van der Waals surface area (Å²) >= 11 is 0. The number of aromatic nitrogens is 3. The van der Waals surface area contributed by atoms with Gasteiger partial charge in [0.2, 0.25) is 11.8 Å². The zero-order valence-corrected chi connectivity index (χ0v) is 21.3. The van der Waals surface area contributed by atoms with Gasteiger partial charge in [-0.2, -0.15) is 0 Å². The molecule has 5 heterocycles. The van der Waals surface area contributed by atoms with E-state index in [1.54, 1.807) is 0 Å². The van der Waals surface area contributed by atoms with Gasteiger partial charge < -0.3 is 24.3 Å². The van der Waals surface area contributed by atoms with E-state index in [0.717, 1.165) is 74.5 Å². The number of rotatable bonds is 7. The van der Waals surface area contributed by atoms with E-state index in [1.807, 2.05) is 13.3 Å².